The Morgan fingerprint density at radius 3 is 2.81 bits per heavy atom. The molecule has 2 N–H and O–H groups in total. The average molecular weight is 315 g/mol. The Bertz CT molecular complexity index is 604. The smallest absolute Gasteiger partial charge is 0.222 e. The molecule has 118 valence electrons. The van der Waals surface area contributed by atoms with Crippen LogP contribution in [-0.2, 0) is 14.6 Å². The van der Waals surface area contributed by atoms with E-state index in [1.54, 1.807) is 6.92 Å². The van der Waals surface area contributed by atoms with Crippen LogP contribution in [0.5, 0.6) is 0 Å². The number of carbonyl (C=O) groups excluding carboxylic acids is 1. The lowest BCUT2D eigenvalue weighted by Gasteiger charge is -2.24. The van der Waals surface area contributed by atoms with Gasteiger partial charge in [-0.15, -0.1) is 0 Å². The van der Waals surface area contributed by atoms with Crippen molar-refractivity contribution in [2.45, 2.75) is 39.3 Å². The Labute approximate surface area is 124 Å². The van der Waals surface area contributed by atoms with Crippen LogP contribution in [0.25, 0.3) is 0 Å². The first-order chi connectivity index (χ1) is 9.78. The fourth-order valence-electron chi connectivity index (χ4n) is 2.70. The molecule has 1 saturated heterocycles. The maximum atomic E-state index is 12.1. The van der Waals surface area contributed by atoms with Crippen molar-refractivity contribution >= 4 is 15.7 Å². The molecule has 2 atom stereocenters. The highest BCUT2D eigenvalue weighted by atomic mass is 32.2. The van der Waals surface area contributed by atoms with E-state index in [0.717, 1.165) is 11.3 Å². The second-order valence-electron chi connectivity index (χ2n) is 5.50. The topological polar surface area (TPSA) is 101 Å². The van der Waals surface area contributed by atoms with Crippen molar-refractivity contribution in [1.29, 1.82) is 0 Å². The summed E-state index contributed by atoms with van der Waals surface area (Å²) in [5.41, 5.74) is 1.62. The molecule has 8 heteroatoms. The number of carbonyl (C=O) groups is 1. The second kappa shape index (κ2) is 6.15. The molecule has 1 amide bonds. The summed E-state index contributed by atoms with van der Waals surface area (Å²) in [5, 5.41) is 9.79. The minimum Gasteiger partial charge on any atom is -0.361 e. The van der Waals surface area contributed by atoms with E-state index in [1.807, 2.05) is 13.8 Å². The van der Waals surface area contributed by atoms with Crippen molar-refractivity contribution in [2.75, 3.05) is 18.1 Å². The molecule has 2 unspecified atom stereocenters. The molecule has 1 aliphatic rings. The largest absolute Gasteiger partial charge is 0.361 e. The van der Waals surface area contributed by atoms with Gasteiger partial charge in [0.1, 0.15) is 5.76 Å². The number of nitrogens with zero attached hydrogens (tertiary/aromatic N) is 1. The van der Waals surface area contributed by atoms with E-state index in [9.17, 15) is 13.2 Å². The molecule has 21 heavy (non-hydrogen) atoms. The van der Waals surface area contributed by atoms with Crippen LogP contribution in [0, 0.1) is 13.8 Å². The average Bonchev–Trinajstić information content (AvgIpc) is 2.67. The summed E-state index contributed by atoms with van der Waals surface area (Å²) in [6, 6.07) is -0.537. The first kappa shape index (κ1) is 16.0. The van der Waals surface area contributed by atoms with Crippen LogP contribution in [-0.4, -0.2) is 43.6 Å². The standard InChI is InChI=1S/C13H21N3O4S/c1-8(13-9(2)16-20-10(13)3)15-12(17)6-11-7-21(18,19)5-4-14-11/h8,11,14H,4-7H2,1-3H3,(H,15,17). The minimum atomic E-state index is -3.03. The lowest BCUT2D eigenvalue weighted by atomic mass is 10.1. The number of amides is 1. The molecule has 0 radical (unpaired) electrons. The molecule has 0 aliphatic carbocycles. The predicted octanol–water partition coefficient (Wildman–Crippen LogP) is 0.245. The van der Waals surface area contributed by atoms with E-state index in [2.05, 4.69) is 15.8 Å². The van der Waals surface area contributed by atoms with Crippen LogP contribution in [0.3, 0.4) is 0 Å². The van der Waals surface area contributed by atoms with Crippen LogP contribution in [0.4, 0.5) is 0 Å². The van der Waals surface area contributed by atoms with E-state index in [-0.39, 0.29) is 35.9 Å². The Morgan fingerprint density at radius 1 is 1.52 bits per heavy atom. The summed E-state index contributed by atoms with van der Waals surface area (Å²) >= 11 is 0. The molecule has 0 saturated carbocycles. The molecule has 1 aromatic heterocycles. The molecule has 0 aromatic carbocycles. The fourth-order valence-corrected chi connectivity index (χ4v) is 4.15. The molecule has 7 nitrogen and oxygen atoms in total. The lowest BCUT2D eigenvalue weighted by molar-refractivity contribution is -0.122. The van der Waals surface area contributed by atoms with E-state index >= 15 is 0 Å². The summed E-state index contributed by atoms with van der Waals surface area (Å²) in [6.45, 7) is 5.88. The summed E-state index contributed by atoms with van der Waals surface area (Å²) in [7, 11) is -3.03. The third kappa shape index (κ3) is 4.04. The molecular formula is C13H21N3O4S. The molecule has 0 bridgehead atoms. The molecule has 1 fully saturated rings. The van der Waals surface area contributed by atoms with E-state index < -0.39 is 9.84 Å². The number of hydrogen-bond donors (Lipinski definition) is 2. The van der Waals surface area contributed by atoms with Crippen LogP contribution in [0.2, 0.25) is 0 Å². The Balaban J connectivity index is 1.93. The van der Waals surface area contributed by atoms with Crippen molar-refractivity contribution in [3.8, 4) is 0 Å². The predicted molar refractivity (Wildman–Crippen MR) is 77.6 cm³/mol. The third-order valence-electron chi connectivity index (χ3n) is 3.63. The Morgan fingerprint density at radius 2 is 2.24 bits per heavy atom. The van der Waals surface area contributed by atoms with Crippen molar-refractivity contribution < 1.29 is 17.7 Å². The van der Waals surface area contributed by atoms with Gasteiger partial charge in [-0.25, -0.2) is 8.42 Å². The molecule has 0 spiro atoms. The number of aromatic nitrogens is 1. The maximum absolute atomic E-state index is 12.1. The van der Waals surface area contributed by atoms with Crippen LogP contribution >= 0.6 is 0 Å². The van der Waals surface area contributed by atoms with E-state index in [4.69, 9.17) is 4.52 Å². The van der Waals surface area contributed by atoms with Gasteiger partial charge in [-0.1, -0.05) is 5.16 Å². The monoisotopic (exact) mass is 315 g/mol. The molecule has 2 rings (SSSR count). The highest BCUT2D eigenvalue weighted by Gasteiger charge is 2.27. The van der Waals surface area contributed by atoms with Gasteiger partial charge in [0.2, 0.25) is 5.91 Å². The molecule has 1 aliphatic heterocycles. The van der Waals surface area contributed by atoms with Gasteiger partial charge in [0.25, 0.3) is 0 Å². The highest BCUT2D eigenvalue weighted by Crippen LogP contribution is 2.21. The second-order valence-corrected chi connectivity index (χ2v) is 7.73. The summed E-state index contributed by atoms with van der Waals surface area (Å²) < 4.78 is 28.2. The highest BCUT2D eigenvalue weighted by molar-refractivity contribution is 7.91. The SMILES string of the molecule is Cc1noc(C)c1C(C)NC(=O)CC1CS(=O)(=O)CCN1. The zero-order chi connectivity index (χ0) is 15.6. The molecular weight excluding hydrogens is 294 g/mol. The van der Waals surface area contributed by atoms with E-state index in [0.29, 0.717) is 12.3 Å². The zero-order valence-corrected chi connectivity index (χ0v) is 13.3. The zero-order valence-electron chi connectivity index (χ0n) is 12.5. The lowest BCUT2D eigenvalue weighted by Crippen LogP contribution is -2.47. The van der Waals surface area contributed by atoms with Crippen molar-refractivity contribution in [3.63, 3.8) is 0 Å². The van der Waals surface area contributed by atoms with Crippen molar-refractivity contribution in [3.05, 3.63) is 17.0 Å². The summed E-state index contributed by atoms with van der Waals surface area (Å²) in [6.07, 6.45) is 0.146. The number of rotatable bonds is 4. The van der Waals surface area contributed by atoms with Crippen LogP contribution in [0.1, 0.15) is 36.4 Å². The fraction of sp³-hybridized carbons (Fsp3) is 0.692. The quantitative estimate of drug-likeness (QED) is 0.825. The van der Waals surface area contributed by atoms with Gasteiger partial charge in [-0.3, -0.25) is 4.79 Å². The number of aryl methyl sites for hydroxylation is 2. The summed E-state index contributed by atoms with van der Waals surface area (Å²) in [4.78, 5) is 12.1. The minimum absolute atomic E-state index is 0.0140. The molecule has 1 aromatic rings. The van der Waals surface area contributed by atoms with Gasteiger partial charge in [-0.05, 0) is 20.8 Å². The Hall–Kier alpha value is -1.41. The van der Waals surface area contributed by atoms with Gasteiger partial charge in [-0.2, -0.15) is 0 Å². The van der Waals surface area contributed by atoms with Gasteiger partial charge >= 0.3 is 0 Å². The van der Waals surface area contributed by atoms with Crippen LogP contribution in [0.15, 0.2) is 4.52 Å². The number of sulfone groups is 1. The van der Waals surface area contributed by atoms with Crippen LogP contribution < -0.4 is 10.6 Å². The number of hydrogen-bond acceptors (Lipinski definition) is 6. The van der Waals surface area contributed by atoms with Gasteiger partial charge < -0.3 is 15.2 Å². The summed E-state index contributed by atoms with van der Waals surface area (Å²) in [5.74, 6) is 0.650. The Kier molecular flexibility index (Phi) is 4.67. The molecule has 2 heterocycles. The van der Waals surface area contributed by atoms with E-state index in [1.165, 1.54) is 0 Å². The van der Waals surface area contributed by atoms with Crippen molar-refractivity contribution in [1.82, 2.24) is 15.8 Å². The first-order valence-electron chi connectivity index (χ1n) is 6.94. The first-order valence-corrected chi connectivity index (χ1v) is 8.76. The van der Waals surface area contributed by atoms with Gasteiger partial charge in [0.05, 0.1) is 23.2 Å². The maximum Gasteiger partial charge on any atom is 0.222 e. The number of nitrogens with one attached hydrogen (secondary N) is 2. The van der Waals surface area contributed by atoms with Crippen molar-refractivity contribution in [2.24, 2.45) is 0 Å². The van der Waals surface area contributed by atoms with Gasteiger partial charge in [0.15, 0.2) is 9.84 Å². The normalized spacial score (nSPS) is 22.7. The van der Waals surface area contributed by atoms with Gasteiger partial charge in [0, 0.05) is 24.6 Å². The third-order valence-corrected chi connectivity index (χ3v) is 5.37.